The number of halogens is 1. The molecule has 1 fully saturated rings. The lowest BCUT2D eigenvalue weighted by molar-refractivity contribution is -0.126. The van der Waals surface area contributed by atoms with E-state index in [1.165, 1.54) is 0 Å². The molecule has 0 atom stereocenters. The third-order valence-corrected chi connectivity index (χ3v) is 5.38. The Balaban J connectivity index is 1.46. The minimum atomic E-state index is 0.119. The third-order valence-electron chi connectivity index (χ3n) is 4.89. The SMILES string of the molecule is CC(C)CCNC(=O)C1CCN(Cc2nc(-c3cccc(Br)c3)no2)CC1. The van der Waals surface area contributed by atoms with Crippen LogP contribution in [-0.2, 0) is 11.3 Å². The molecule has 1 aromatic carbocycles. The summed E-state index contributed by atoms with van der Waals surface area (Å²) in [5.74, 6) is 2.15. The Hall–Kier alpha value is -1.73. The second-order valence-corrected chi connectivity index (χ2v) is 8.46. The molecule has 0 aliphatic carbocycles. The summed E-state index contributed by atoms with van der Waals surface area (Å²) in [6.45, 7) is 7.49. The van der Waals surface area contributed by atoms with Gasteiger partial charge in [-0.1, -0.05) is 47.1 Å². The van der Waals surface area contributed by atoms with Crippen molar-refractivity contribution in [2.24, 2.45) is 11.8 Å². The molecule has 1 amide bonds. The van der Waals surface area contributed by atoms with E-state index in [-0.39, 0.29) is 11.8 Å². The average molecular weight is 435 g/mol. The smallest absolute Gasteiger partial charge is 0.241 e. The van der Waals surface area contributed by atoms with Crippen LogP contribution in [0.4, 0.5) is 0 Å². The molecule has 0 radical (unpaired) electrons. The van der Waals surface area contributed by atoms with Crippen molar-refractivity contribution >= 4 is 21.8 Å². The number of hydrogen-bond donors (Lipinski definition) is 1. The standard InChI is InChI=1S/C20H27BrN4O2/c1-14(2)6-9-22-20(26)15-7-10-25(11-8-15)13-18-23-19(24-27-18)16-4-3-5-17(21)12-16/h3-5,12,14-15H,6-11,13H2,1-2H3,(H,22,26). The van der Waals surface area contributed by atoms with Gasteiger partial charge in [-0.05, 0) is 50.4 Å². The summed E-state index contributed by atoms with van der Waals surface area (Å²) >= 11 is 3.46. The van der Waals surface area contributed by atoms with E-state index >= 15 is 0 Å². The van der Waals surface area contributed by atoms with Crippen LogP contribution in [0.2, 0.25) is 0 Å². The van der Waals surface area contributed by atoms with Crippen LogP contribution in [0.3, 0.4) is 0 Å². The molecule has 2 heterocycles. The number of carbonyl (C=O) groups is 1. The first-order valence-corrected chi connectivity index (χ1v) is 10.4. The van der Waals surface area contributed by atoms with Gasteiger partial charge in [-0.3, -0.25) is 9.69 Å². The van der Waals surface area contributed by atoms with E-state index in [0.717, 1.165) is 48.9 Å². The Morgan fingerprint density at radius 3 is 2.85 bits per heavy atom. The number of piperidine rings is 1. The Labute approximate surface area is 168 Å². The minimum absolute atomic E-state index is 0.119. The van der Waals surface area contributed by atoms with Crippen molar-refractivity contribution in [1.82, 2.24) is 20.4 Å². The molecule has 2 aromatic rings. The largest absolute Gasteiger partial charge is 0.356 e. The topological polar surface area (TPSA) is 71.3 Å². The predicted molar refractivity (Wildman–Crippen MR) is 108 cm³/mol. The summed E-state index contributed by atoms with van der Waals surface area (Å²) in [7, 11) is 0. The number of hydrogen-bond acceptors (Lipinski definition) is 5. The Morgan fingerprint density at radius 2 is 2.15 bits per heavy atom. The van der Waals surface area contributed by atoms with Gasteiger partial charge in [0.05, 0.1) is 6.54 Å². The van der Waals surface area contributed by atoms with Crippen molar-refractivity contribution in [3.05, 3.63) is 34.6 Å². The summed E-state index contributed by atoms with van der Waals surface area (Å²) < 4.78 is 6.40. The zero-order chi connectivity index (χ0) is 19.2. The molecule has 0 spiro atoms. The number of rotatable bonds is 7. The first-order valence-electron chi connectivity index (χ1n) is 9.60. The summed E-state index contributed by atoms with van der Waals surface area (Å²) in [5.41, 5.74) is 0.927. The highest BCUT2D eigenvalue weighted by Crippen LogP contribution is 2.22. The molecule has 0 unspecified atom stereocenters. The van der Waals surface area contributed by atoms with E-state index in [9.17, 15) is 4.79 Å². The van der Waals surface area contributed by atoms with Crippen molar-refractivity contribution in [2.45, 2.75) is 39.7 Å². The molecule has 0 saturated carbocycles. The predicted octanol–water partition coefficient (Wildman–Crippen LogP) is 3.87. The van der Waals surface area contributed by atoms with Crippen LogP contribution < -0.4 is 5.32 Å². The van der Waals surface area contributed by atoms with E-state index in [2.05, 4.69) is 50.1 Å². The first kappa shape index (κ1) is 20.0. The Morgan fingerprint density at radius 1 is 1.37 bits per heavy atom. The minimum Gasteiger partial charge on any atom is -0.356 e. The summed E-state index contributed by atoms with van der Waals surface area (Å²) in [4.78, 5) is 19.0. The van der Waals surface area contributed by atoms with Gasteiger partial charge in [-0.2, -0.15) is 4.98 Å². The third kappa shape index (κ3) is 5.87. The number of amides is 1. The van der Waals surface area contributed by atoms with E-state index < -0.39 is 0 Å². The van der Waals surface area contributed by atoms with Crippen molar-refractivity contribution < 1.29 is 9.32 Å². The Bertz CT molecular complexity index is 754. The van der Waals surface area contributed by atoms with Gasteiger partial charge in [0.1, 0.15) is 0 Å². The van der Waals surface area contributed by atoms with Gasteiger partial charge in [0, 0.05) is 22.5 Å². The van der Waals surface area contributed by atoms with Gasteiger partial charge in [-0.25, -0.2) is 0 Å². The van der Waals surface area contributed by atoms with Crippen LogP contribution in [-0.4, -0.2) is 40.6 Å². The lowest BCUT2D eigenvalue weighted by Gasteiger charge is -2.30. The fourth-order valence-corrected chi connectivity index (χ4v) is 3.64. The monoisotopic (exact) mass is 434 g/mol. The number of nitrogens with zero attached hydrogens (tertiary/aromatic N) is 3. The van der Waals surface area contributed by atoms with Crippen molar-refractivity contribution in [2.75, 3.05) is 19.6 Å². The lowest BCUT2D eigenvalue weighted by atomic mass is 9.96. The zero-order valence-electron chi connectivity index (χ0n) is 15.9. The molecule has 6 nitrogen and oxygen atoms in total. The van der Waals surface area contributed by atoms with Crippen LogP contribution in [0, 0.1) is 11.8 Å². The molecule has 27 heavy (non-hydrogen) atoms. The molecule has 7 heteroatoms. The maximum absolute atomic E-state index is 12.3. The Kier molecular flexibility index (Phi) is 7.01. The van der Waals surface area contributed by atoms with Crippen LogP contribution in [0.5, 0.6) is 0 Å². The van der Waals surface area contributed by atoms with E-state index in [1.54, 1.807) is 0 Å². The van der Waals surface area contributed by atoms with Gasteiger partial charge >= 0.3 is 0 Å². The molecular formula is C20H27BrN4O2. The quantitative estimate of drug-likeness (QED) is 0.715. The number of carbonyl (C=O) groups excluding carboxylic acids is 1. The maximum Gasteiger partial charge on any atom is 0.241 e. The molecule has 1 aliphatic heterocycles. The highest BCUT2D eigenvalue weighted by molar-refractivity contribution is 9.10. The molecule has 1 saturated heterocycles. The summed E-state index contributed by atoms with van der Waals surface area (Å²) in [5, 5.41) is 7.16. The van der Waals surface area contributed by atoms with Gasteiger partial charge < -0.3 is 9.84 Å². The molecule has 0 bridgehead atoms. The van der Waals surface area contributed by atoms with Crippen LogP contribution in [0.1, 0.15) is 39.0 Å². The fourth-order valence-electron chi connectivity index (χ4n) is 3.24. The zero-order valence-corrected chi connectivity index (χ0v) is 17.5. The van der Waals surface area contributed by atoms with Crippen LogP contribution in [0.25, 0.3) is 11.4 Å². The molecular weight excluding hydrogens is 408 g/mol. The maximum atomic E-state index is 12.3. The van der Waals surface area contributed by atoms with E-state index in [4.69, 9.17) is 4.52 Å². The molecule has 1 aromatic heterocycles. The average Bonchev–Trinajstić information content (AvgIpc) is 3.10. The number of nitrogens with one attached hydrogen (secondary N) is 1. The second-order valence-electron chi connectivity index (χ2n) is 7.55. The lowest BCUT2D eigenvalue weighted by Crippen LogP contribution is -2.40. The molecule has 146 valence electrons. The van der Waals surface area contributed by atoms with Gasteiger partial charge in [-0.15, -0.1) is 0 Å². The molecule has 3 rings (SSSR count). The first-order chi connectivity index (χ1) is 13.0. The van der Waals surface area contributed by atoms with Gasteiger partial charge in [0.15, 0.2) is 0 Å². The van der Waals surface area contributed by atoms with Crippen molar-refractivity contribution in [3.63, 3.8) is 0 Å². The highest BCUT2D eigenvalue weighted by Gasteiger charge is 2.25. The summed E-state index contributed by atoms with van der Waals surface area (Å²) in [6, 6.07) is 7.85. The summed E-state index contributed by atoms with van der Waals surface area (Å²) in [6.07, 6.45) is 2.78. The number of benzene rings is 1. The van der Waals surface area contributed by atoms with Crippen LogP contribution >= 0.6 is 15.9 Å². The van der Waals surface area contributed by atoms with Gasteiger partial charge in [0.25, 0.3) is 0 Å². The molecule has 1 N–H and O–H groups in total. The normalized spacial score (nSPS) is 16.0. The van der Waals surface area contributed by atoms with Gasteiger partial charge in [0.2, 0.25) is 17.6 Å². The van der Waals surface area contributed by atoms with Crippen molar-refractivity contribution in [3.8, 4) is 11.4 Å². The van der Waals surface area contributed by atoms with Crippen molar-refractivity contribution in [1.29, 1.82) is 0 Å². The van der Waals surface area contributed by atoms with Crippen LogP contribution in [0.15, 0.2) is 33.3 Å². The second kappa shape index (κ2) is 9.46. The van der Waals surface area contributed by atoms with E-state index in [1.807, 2.05) is 24.3 Å². The highest BCUT2D eigenvalue weighted by atomic mass is 79.9. The number of aromatic nitrogens is 2. The molecule has 1 aliphatic rings. The van der Waals surface area contributed by atoms with E-state index in [0.29, 0.717) is 24.2 Å². The fraction of sp³-hybridized carbons (Fsp3) is 0.550. The number of likely N-dealkylation sites (tertiary alicyclic amines) is 1.